The average molecular weight is 273 g/mol. The third-order valence-electron chi connectivity index (χ3n) is 2.61. The smallest absolute Gasteiger partial charge is 0.167 e. The van der Waals surface area contributed by atoms with Crippen LogP contribution in [0.4, 0.5) is 8.78 Å². The molecule has 2 rings (SSSR count). The molecule has 0 aliphatic heterocycles. The fraction of sp³-hybridized carbons (Fsp3) is 0.0667. The van der Waals surface area contributed by atoms with E-state index < -0.39 is 17.4 Å². The highest BCUT2D eigenvalue weighted by molar-refractivity contribution is 5.97. The quantitative estimate of drug-likeness (QED) is 0.798. The molecule has 0 aliphatic carbocycles. The predicted molar refractivity (Wildman–Crippen MR) is 67.6 cm³/mol. The van der Waals surface area contributed by atoms with Crippen molar-refractivity contribution in [3.05, 3.63) is 59.2 Å². The van der Waals surface area contributed by atoms with Gasteiger partial charge in [-0.1, -0.05) is 6.07 Å². The van der Waals surface area contributed by atoms with Crippen LogP contribution in [0.3, 0.4) is 0 Å². The molecule has 0 aromatic heterocycles. The number of carbonyl (C=O) groups excluding carboxylic acids is 1. The Morgan fingerprint density at radius 2 is 1.90 bits per heavy atom. The van der Waals surface area contributed by atoms with E-state index in [-0.39, 0.29) is 22.6 Å². The number of hydrogen-bond acceptors (Lipinski definition) is 3. The molecule has 3 nitrogen and oxygen atoms in total. The van der Waals surface area contributed by atoms with Gasteiger partial charge in [0.25, 0.3) is 0 Å². The highest BCUT2D eigenvalue weighted by atomic mass is 19.1. The molecule has 100 valence electrons. The van der Waals surface area contributed by atoms with E-state index in [0.717, 1.165) is 12.1 Å². The number of benzene rings is 2. The standard InChI is InChI=1S/C15H9F2NO2/c1-9(19)15-11(16)3-2-4-14(15)20-13-6-5-10(8-18)7-12(13)17/h2-7H,1H3. The second-order valence-corrected chi connectivity index (χ2v) is 4.03. The summed E-state index contributed by atoms with van der Waals surface area (Å²) in [6.45, 7) is 1.19. The number of nitriles is 1. The molecule has 0 N–H and O–H groups in total. The van der Waals surface area contributed by atoms with Crippen molar-refractivity contribution >= 4 is 5.78 Å². The molecule has 0 spiro atoms. The summed E-state index contributed by atoms with van der Waals surface area (Å²) in [5.74, 6) is -2.27. The third-order valence-corrected chi connectivity index (χ3v) is 2.61. The maximum Gasteiger partial charge on any atom is 0.167 e. The van der Waals surface area contributed by atoms with Crippen molar-refractivity contribution in [3.8, 4) is 17.6 Å². The Bertz CT molecular complexity index is 720. The fourth-order valence-electron chi connectivity index (χ4n) is 1.70. The normalized spacial score (nSPS) is 9.90. The lowest BCUT2D eigenvalue weighted by atomic mass is 10.1. The Balaban J connectivity index is 2.43. The molecule has 0 bridgehead atoms. The second-order valence-electron chi connectivity index (χ2n) is 4.03. The van der Waals surface area contributed by atoms with Crippen LogP contribution in [0, 0.1) is 23.0 Å². The van der Waals surface area contributed by atoms with Gasteiger partial charge in [-0.05, 0) is 37.3 Å². The number of ether oxygens (including phenoxy) is 1. The molecule has 0 saturated carbocycles. The molecule has 2 aromatic rings. The zero-order valence-corrected chi connectivity index (χ0v) is 10.5. The first-order valence-corrected chi connectivity index (χ1v) is 5.70. The van der Waals surface area contributed by atoms with Gasteiger partial charge in [-0.15, -0.1) is 0 Å². The summed E-state index contributed by atoms with van der Waals surface area (Å²) in [6.07, 6.45) is 0. The minimum Gasteiger partial charge on any atom is -0.453 e. The molecule has 0 unspecified atom stereocenters. The number of halogens is 2. The van der Waals surface area contributed by atoms with Gasteiger partial charge in [0.05, 0.1) is 17.2 Å². The zero-order chi connectivity index (χ0) is 14.7. The summed E-state index contributed by atoms with van der Waals surface area (Å²) in [5, 5.41) is 8.64. The predicted octanol–water partition coefficient (Wildman–Crippen LogP) is 3.83. The van der Waals surface area contributed by atoms with Gasteiger partial charge in [0.15, 0.2) is 17.3 Å². The number of carbonyl (C=O) groups is 1. The van der Waals surface area contributed by atoms with Crippen LogP contribution in [0.1, 0.15) is 22.8 Å². The highest BCUT2D eigenvalue weighted by Gasteiger charge is 2.16. The average Bonchev–Trinajstić information content (AvgIpc) is 2.40. The summed E-state index contributed by atoms with van der Waals surface area (Å²) in [6, 6.07) is 9.26. The molecule has 0 amide bonds. The lowest BCUT2D eigenvalue weighted by Gasteiger charge is -2.10. The van der Waals surface area contributed by atoms with Crippen LogP contribution >= 0.6 is 0 Å². The van der Waals surface area contributed by atoms with Gasteiger partial charge in [0, 0.05) is 0 Å². The molecule has 0 heterocycles. The van der Waals surface area contributed by atoms with E-state index in [1.54, 1.807) is 6.07 Å². The summed E-state index contributed by atoms with van der Waals surface area (Å²) >= 11 is 0. The number of hydrogen-bond donors (Lipinski definition) is 0. The van der Waals surface area contributed by atoms with Crippen molar-refractivity contribution in [1.82, 2.24) is 0 Å². The molecular formula is C15H9F2NO2. The van der Waals surface area contributed by atoms with Crippen LogP contribution in [0.25, 0.3) is 0 Å². The van der Waals surface area contributed by atoms with E-state index >= 15 is 0 Å². The van der Waals surface area contributed by atoms with Crippen molar-refractivity contribution in [2.75, 3.05) is 0 Å². The molecule has 5 heteroatoms. The minimum absolute atomic E-state index is 0.0684. The Morgan fingerprint density at radius 1 is 1.15 bits per heavy atom. The maximum atomic E-state index is 13.7. The number of rotatable bonds is 3. The molecule has 0 saturated heterocycles. The summed E-state index contributed by atoms with van der Waals surface area (Å²) < 4.78 is 32.5. The molecule has 2 aromatic carbocycles. The van der Waals surface area contributed by atoms with E-state index in [4.69, 9.17) is 10.00 Å². The summed E-state index contributed by atoms with van der Waals surface area (Å²) in [4.78, 5) is 11.4. The van der Waals surface area contributed by atoms with Crippen molar-refractivity contribution in [3.63, 3.8) is 0 Å². The van der Waals surface area contributed by atoms with Crippen molar-refractivity contribution in [1.29, 1.82) is 5.26 Å². The first-order valence-electron chi connectivity index (χ1n) is 5.70. The summed E-state index contributed by atoms with van der Waals surface area (Å²) in [5.41, 5.74) is -0.0999. The van der Waals surface area contributed by atoms with Crippen LogP contribution in [0.5, 0.6) is 11.5 Å². The van der Waals surface area contributed by atoms with Gasteiger partial charge in [-0.2, -0.15) is 5.26 Å². The Labute approximate surface area is 114 Å². The first kappa shape index (κ1) is 13.7. The zero-order valence-electron chi connectivity index (χ0n) is 10.5. The highest BCUT2D eigenvalue weighted by Crippen LogP contribution is 2.29. The van der Waals surface area contributed by atoms with Crippen molar-refractivity contribution in [2.24, 2.45) is 0 Å². The van der Waals surface area contributed by atoms with E-state index in [1.165, 1.54) is 31.2 Å². The molecule has 0 fully saturated rings. The fourth-order valence-corrected chi connectivity index (χ4v) is 1.70. The van der Waals surface area contributed by atoms with Crippen LogP contribution in [0.2, 0.25) is 0 Å². The van der Waals surface area contributed by atoms with Crippen LogP contribution in [-0.2, 0) is 0 Å². The van der Waals surface area contributed by atoms with E-state index in [1.807, 2.05) is 0 Å². The van der Waals surface area contributed by atoms with E-state index in [0.29, 0.717) is 0 Å². The van der Waals surface area contributed by atoms with Crippen molar-refractivity contribution < 1.29 is 18.3 Å². The maximum absolute atomic E-state index is 13.7. The lowest BCUT2D eigenvalue weighted by Crippen LogP contribution is -2.01. The Morgan fingerprint density at radius 3 is 2.50 bits per heavy atom. The Hall–Kier alpha value is -2.74. The largest absolute Gasteiger partial charge is 0.453 e. The van der Waals surface area contributed by atoms with Gasteiger partial charge < -0.3 is 4.74 Å². The van der Waals surface area contributed by atoms with Gasteiger partial charge in [-0.3, -0.25) is 4.79 Å². The monoisotopic (exact) mass is 273 g/mol. The van der Waals surface area contributed by atoms with Gasteiger partial charge >= 0.3 is 0 Å². The molecule has 0 radical (unpaired) electrons. The SMILES string of the molecule is CC(=O)c1c(F)cccc1Oc1ccc(C#N)cc1F. The van der Waals surface area contributed by atoms with Crippen molar-refractivity contribution in [2.45, 2.75) is 6.92 Å². The number of Topliss-reactive ketones (excluding diaryl/α,β-unsaturated/α-hetero) is 1. The second kappa shape index (κ2) is 5.49. The van der Waals surface area contributed by atoms with Gasteiger partial charge in [0.2, 0.25) is 0 Å². The van der Waals surface area contributed by atoms with Crippen LogP contribution in [0.15, 0.2) is 36.4 Å². The topological polar surface area (TPSA) is 50.1 Å². The molecule has 0 atom stereocenters. The summed E-state index contributed by atoms with van der Waals surface area (Å²) in [7, 11) is 0. The Kier molecular flexibility index (Phi) is 3.76. The van der Waals surface area contributed by atoms with Crippen LogP contribution < -0.4 is 4.74 Å². The number of ketones is 1. The van der Waals surface area contributed by atoms with E-state index in [2.05, 4.69) is 0 Å². The first-order chi connectivity index (χ1) is 9.52. The minimum atomic E-state index is -0.761. The third kappa shape index (κ3) is 2.64. The van der Waals surface area contributed by atoms with Gasteiger partial charge in [-0.25, -0.2) is 8.78 Å². The van der Waals surface area contributed by atoms with Gasteiger partial charge in [0.1, 0.15) is 11.6 Å². The van der Waals surface area contributed by atoms with E-state index in [9.17, 15) is 13.6 Å². The molecule has 0 aliphatic rings. The molecule has 20 heavy (non-hydrogen) atoms. The number of nitrogens with zero attached hydrogens (tertiary/aromatic N) is 1. The lowest BCUT2D eigenvalue weighted by molar-refractivity contribution is 0.101. The van der Waals surface area contributed by atoms with Crippen LogP contribution in [-0.4, -0.2) is 5.78 Å². The molecular weight excluding hydrogens is 264 g/mol.